The lowest BCUT2D eigenvalue weighted by Crippen LogP contribution is -2.55. The van der Waals surface area contributed by atoms with Crippen LogP contribution in [0.25, 0.3) is 22.6 Å². The molecule has 2 N–H and O–H groups in total. The Labute approximate surface area is 243 Å². The number of carbonyl (C=O) groups excluding carboxylic acids is 3. The molecule has 1 aromatic heterocycles. The Morgan fingerprint density at radius 2 is 1.67 bits per heavy atom. The summed E-state index contributed by atoms with van der Waals surface area (Å²) in [5.41, 5.74) is 3.10. The number of carboxylic acids is 1. The summed E-state index contributed by atoms with van der Waals surface area (Å²) in [6.45, 7) is 4.68. The first-order chi connectivity index (χ1) is 20.2. The van der Waals surface area contributed by atoms with E-state index in [2.05, 4.69) is 10.3 Å². The van der Waals surface area contributed by atoms with Gasteiger partial charge in [0.05, 0.1) is 25.4 Å². The van der Waals surface area contributed by atoms with Crippen molar-refractivity contribution in [1.29, 1.82) is 0 Å². The smallest absolute Gasteiger partial charge is 0.481 e. The fourth-order valence-electron chi connectivity index (χ4n) is 4.46. The zero-order valence-electron chi connectivity index (χ0n) is 23.5. The number of hydroxylamine groups is 2. The predicted molar refractivity (Wildman–Crippen MR) is 152 cm³/mol. The Balaban J connectivity index is 1.56. The number of nitrogens with one attached hydrogen (secondary N) is 1. The zero-order chi connectivity index (χ0) is 30.1. The molecule has 0 bridgehead atoms. The van der Waals surface area contributed by atoms with Crippen molar-refractivity contribution in [3.63, 3.8) is 0 Å². The van der Waals surface area contributed by atoms with Crippen LogP contribution in [-0.2, 0) is 19.2 Å². The number of carboxylic acid groups (broad SMARTS) is 1. The van der Waals surface area contributed by atoms with Crippen LogP contribution < -0.4 is 5.32 Å². The van der Waals surface area contributed by atoms with E-state index < -0.39 is 30.0 Å². The topological polar surface area (TPSA) is 151 Å². The summed E-state index contributed by atoms with van der Waals surface area (Å²) < 4.78 is 4.78. The zero-order valence-corrected chi connectivity index (χ0v) is 23.5. The summed E-state index contributed by atoms with van der Waals surface area (Å²) in [4.78, 5) is 65.8. The Bertz CT molecular complexity index is 1420. The van der Waals surface area contributed by atoms with Gasteiger partial charge in [0.15, 0.2) is 5.82 Å². The van der Waals surface area contributed by atoms with Gasteiger partial charge in [0.1, 0.15) is 11.7 Å². The Hall–Kier alpha value is -4.84. The van der Waals surface area contributed by atoms with Crippen LogP contribution in [0.4, 0.5) is 4.79 Å². The molecular weight excluding hydrogens is 542 g/mol. The summed E-state index contributed by atoms with van der Waals surface area (Å²) >= 11 is 0. The van der Waals surface area contributed by atoms with Gasteiger partial charge in [0, 0.05) is 30.6 Å². The van der Waals surface area contributed by atoms with Gasteiger partial charge in [-0.05, 0) is 32.4 Å². The standard InChI is InChI=1S/C30H33N5O7/c1-3-41-30(40)42-35-16-14-34(15-17-35)29(39)23(12-13-26(36)37)33-28(38)25-19-24(22-11-7-8-20(2)18-22)31-27(32-25)21-9-5-4-6-10-21/h4-11,18-19,23H,3,12-17H2,1-2H3,(H,33,38)(H,36,37)/t23-/m0/s1. The average Bonchev–Trinajstić information content (AvgIpc) is 2.99. The molecule has 4 rings (SSSR count). The van der Waals surface area contributed by atoms with E-state index in [1.165, 1.54) is 9.96 Å². The van der Waals surface area contributed by atoms with Crippen molar-refractivity contribution in [1.82, 2.24) is 25.2 Å². The maximum atomic E-state index is 13.6. The van der Waals surface area contributed by atoms with Crippen molar-refractivity contribution in [3.05, 3.63) is 71.9 Å². The van der Waals surface area contributed by atoms with Crippen molar-refractivity contribution in [2.24, 2.45) is 0 Å². The van der Waals surface area contributed by atoms with E-state index in [9.17, 15) is 24.3 Å². The fraction of sp³-hybridized carbons (Fsp3) is 0.333. The molecule has 12 heteroatoms. The van der Waals surface area contributed by atoms with Gasteiger partial charge in [-0.15, -0.1) is 5.06 Å². The molecular formula is C30H33N5O7. The summed E-state index contributed by atoms with van der Waals surface area (Å²) in [5.74, 6) is -1.82. The normalized spacial score (nSPS) is 14.1. The molecule has 0 radical (unpaired) electrons. The number of rotatable bonds is 10. The second-order valence-electron chi connectivity index (χ2n) is 9.68. The molecule has 2 aromatic carbocycles. The van der Waals surface area contributed by atoms with Crippen LogP contribution in [0.15, 0.2) is 60.7 Å². The summed E-state index contributed by atoms with van der Waals surface area (Å²) in [6, 6.07) is 17.4. The minimum atomic E-state index is -1.11. The van der Waals surface area contributed by atoms with Crippen LogP contribution in [0.2, 0.25) is 0 Å². The summed E-state index contributed by atoms with van der Waals surface area (Å²) in [5, 5.41) is 13.4. The van der Waals surface area contributed by atoms with Gasteiger partial charge in [0.2, 0.25) is 5.91 Å². The molecule has 1 aliphatic heterocycles. The van der Waals surface area contributed by atoms with E-state index in [1.54, 1.807) is 13.0 Å². The summed E-state index contributed by atoms with van der Waals surface area (Å²) in [7, 11) is 0. The van der Waals surface area contributed by atoms with Crippen LogP contribution in [0.5, 0.6) is 0 Å². The molecule has 0 saturated carbocycles. The molecule has 0 unspecified atom stereocenters. The van der Waals surface area contributed by atoms with Crippen LogP contribution in [-0.4, -0.2) is 87.8 Å². The molecule has 2 amide bonds. The molecule has 1 saturated heterocycles. The van der Waals surface area contributed by atoms with E-state index >= 15 is 0 Å². The number of carbonyl (C=O) groups is 4. The lowest BCUT2D eigenvalue weighted by atomic mass is 10.1. The Kier molecular flexibility index (Phi) is 10.2. The molecule has 1 fully saturated rings. The third-order valence-electron chi connectivity index (χ3n) is 6.57. The lowest BCUT2D eigenvalue weighted by Gasteiger charge is -2.35. The number of hydrogen-bond donors (Lipinski definition) is 2. The highest BCUT2D eigenvalue weighted by Gasteiger charge is 2.31. The summed E-state index contributed by atoms with van der Waals surface area (Å²) in [6.07, 6.45) is -1.26. The highest BCUT2D eigenvalue weighted by atomic mass is 16.8. The molecule has 2 heterocycles. The minimum Gasteiger partial charge on any atom is -0.481 e. The number of ether oxygens (including phenoxy) is 1. The SMILES string of the molecule is CCOC(=O)ON1CCN(C(=O)[C@H](CCC(=O)O)NC(=O)c2cc(-c3cccc(C)c3)nc(-c3ccccc3)n2)CC1. The second-order valence-corrected chi connectivity index (χ2v) is 9.68. The third kappa shape index (κ3) is 8.10. The Morgan fingerprint density at radius 1 is 0.952 bits per heavy atom. The van der Waals surface area contributed by atoms with Gasteiger partial charge in [-0.2, -0.15) is 0 Å². The monoisotopic (exact) mass is 575 g/mol. The molecule has 0 spiro atoms. The van der Waals surface area contributed by atoms with Crippen LogP contribution in [0, 0.1) is 6.92 Å². The van der Waals surface area contributed by atoms with Crippen LogP contribution >= 0.6 is 0 Å². The van der Waals surface area contributed by atoms with E-state index in [0.717, 1.165) is 11.1 Å². The van der Waals surface area contributed by atoms with Gasteiger partial charge in [-0.25, -0.2) is 14.8 Å². The van der Waals surface area contributed by atoms with Gasteiger partial charge in [-0.3, -0.25) is 14.4 Å². The number of aromatic nitrogens is 2. The van der Waals surface area contributed by atoms with Crippen LogP contribution in [0.3, 0.4) is 0 Å². The van der Waals surface area contributed by atoms with E-state index in [1.807, 2.05) is 61.5 Å². The van der Waals surface area contributed by atoms with E-state index in [-0.39, 0.29) is 51.3 Å². The third-order valence-corrected chi connectivity index (χ3v) is 6.57. The number of aliphatic carboxylic acids is 1. The average molecular weight is 576 g/mol. The number of amides is 2. The van der Waals surface area contributed by atoms with Crippen molar-refractivity contribution < 1.29 is 33.9 Å². The number of nitrogens with zero attached hydrogens (tertiary/aromatic N) is 4. The molecule has 0 aliphatic carbocycles. The van der Waals surface area contributed by atoms with Gasteiger partial charge >= 0.3 is 12.1 Å². The maximum absolute atomic E-state index is 13.6. The minimum absolute atomic E-state index is 0.0427. The van der Waals surface area contributed by atoms with E-state index in [0.29, 0.717) is 17.1 Å². The van der Waals surface area contributed by atoms with Gasteiger partial charge < -0.3 is 24.9 Å². The van der Waals surface area contributed by atoms with E-state index in [4.69, 9.17) is 14.6 Å². The molecule has 3 aromatic rings. The van der Waals surface area contributed by atoms with Crippen LogP contribution in [0.1, 0.15) is 35.8 Å². The molecule has 220 valence electrons. The molecule has 1 atom stereocenters. The molecule has 1 aliphatic rings. The predicted octanol–water partition coefficient (Wildman–Crippen LogP) is 3.31. The van der Waals surface area contributed by atoms with Gasteiger partial charge in [0.25, 0.3) is 5.91 Å². The number of benzene rings is 2. The number of aryl methyl sites for hydroxylation is 1. The van der Waals surface area contributed by atoms with Crippen molar-refractivity contribution in [2.45, 2.75) is 32.7 Å². The van der Waals surface area contributed by atoms with Gasteiger partial charge in [-0.1, -0.05) is 54.1 Å². The van der Waals surface area contributed by atoms with Crippen molar-refractivity contribution in [3.8, 4) is 22.6 Å². The number of piperazine rings is 1. The van der Waals surface area contributed by atoms with Crippen molar-refractivity contribution >= 4 is 23.9 Å². The first kappa shape index (κ1) is 30.1. The van der Waals surface area contributed by atoms with Crippen molar-refractivity contribution in [2.75, 3.05) is 32.8 Å². The highest BCUT2D eigenvalue weighted by Crippen LogP contribution is 2.23. The maximum Gasteiger partial charge on any atom is 0.527 e. The first-order valence-corrected chi connectivity index (χ1v) is 13.7. The largest absolute Gasteiger partial charge is 0.527 e. The Morgan fingerprint density at radius 3 is 2.33 bits per heavy atom. The molecule has 42 heavy (non-hydrogen) atoms. The highest BCUT2D eigenvalue weighted by molar-refractivity contribution is 5.97. The lowest BCUT2D eigenvalue weighted by molar-refractivity contribution is -0.157. The second kappa shape index (κ2) is 14.2. The quantitative estimate of drug-likeness (QED) is 0.345. The first-order valence-electron chi connectivity index (χ1n) is 13.7. The molecule has 12 nitrogen and oxygen atoms in total. The fourth-order valence-corrected chi connectivity index (χ4v) is 4.46. The number of hydrogen-bond acceptors (Lipinski definition) is 9.